The van der Waals surface area contributed by atoms with Gasteiger partial charge >= 0.3 is 5.97 Å². The molecule has 1 heterocycles. The first kappa shape index (κ1) is 28.5. The molecule has 0 saturated heterocycles. The van der Waals surface area contributed by atoms with E-state index in [-0.39, 0.29) is 30.2 Å². The summed E-state index contributed by atoms with van der Waals surface area (Å²) in [5, 5.41) is 19.5. The first-order chi connectivity index (χ1) is 15.9. The van der Waals surface area contributed by atoms with Gasteiger partial charge in [-0.25, -0.2) is 0 Å². The maximum atomic E-state index is 11.6. The largest absolute Gasteiger partial charge is 0.465 e. The van der Waals surface area contributed by atoms with Crippen LogP contribution in [0, 0.1) is 0 Å². The van der Waals surface area contributed by atoms with Gasteiger partial charge in [-0.3, -0.25) is 9.59 Å². The molecule has 0 spiro atoms. The Morgan fingerprint density at radius 2 is 1.48 bits per heavy atom. The van der Waals surface area contributed by atoms with Gasteiger partial charge in [0.1, 0.15) is 0 Å². The summed E-state index contributed by atoms with van der Waals surface area (Å²) < 4.78 is 5.21. The Labute approximate surface area is 198 Å². The molecule has 7 heteroatoms. The van der Waals surface area contributed by atoms with E-state index >= 15 is 0 Å². The number of hydrogen-bond donors (Lipinski definition) is 2. The summed E-state index contributed by atoms with van der Waals surface area (Å²) in [6.45, 7) is 4.14. The topological polar surface area (TPSA) is 100 Å². The molecule has 1 rings (SSSR count). The minimum absolute atomic E-state index is 0.00627. The van der Waals surface area contributed by atoms with E-state index in [0.717, 1.165) is 51.4 Å². The van der Waals surface area contributed by atoms with Crippen LogP contribution >= 0.6 is 0 Å². The average Bonchev–Trinajstić information content (AvgIpc) is 3.52. The van der Waals surface area contributed by atoms with Gasteiger partial charge < -0.3 is 15.2 Å². The van der Waals surface area contributed by atoms with Gasteiger partial charge in [0, 0.05) is 18.9 Å². The molecule has 0 unspecified atom stereocenters. The monoisotopic (exact) mass is 459 g/mol. The minimum Gasteiger partial charge on any atom is -0.465 e. The average molecular weight is 460 g/mol. The Morgan fingerprint density at radius 3 is 2.06 bits per heavy atom. The lowest BCUT2D eigenvalue weighted by Gasteiger charge is -2.09. The standard InChI is InChI=1S/C26H41N3O4/c1-23(22-30)27-24(31)18-15-13-11-9-7-5-3-4-6-8-10-12-14-16-21-33-25(32)19-17-20-26(2)28-29-26/h3,5-6,8-9,11-12,14,23,30H,4,7,10,13,15-22H2,1-2H3,(H,27,31)/b5-3-,8-6-,11-9-,14-12-/t23-/m1/s1. The number of carbonyl (C=O) groups is 2. The predicted molar refractivity (Wildman–Crippen MR) is 132 cm³/mol. The molecule has 0 radical (unpaired) electrons. The van der Waals surface area contributed by atoms with Crippen LogP contribution < -0.4 is 5.32 Å². The van der Waals surface area contributed by atoms with Gasteiger partial charge in [-0.2, -0.15) is 10.2 Å². The molecule has 0 bridgehead atoms. The number of ether oxygens (including phenoxy) is 1. The molecule has 184 valence electrons. The van der Waals surface area contributed by atoms with Crippen LogP contribution in [0.2, 0.25) is 0 Å². The van der Waals surface area contributed by atoms with Crippen molar-refractivity contribution in [3.8, 4) is 0 Å². The Morgan fingerprint density at radius 1 is 0.909 bits per heavy atom. The lowest BCUT2D eigenvalue weighted by atomic mass is 10.1. The van der Waals surface area contributed by atoms with Crippen molar-refractivity contribution in [2.45, 2.75) is 89.8 Å². The molecule has 1 amide bonds. The van der Waals surface area contributed by atoms with Gasteiger partial charge in [0.25, 0.3) is 0 Å². The third-order valence-electron chi connectivity index (χ3n) is 4.96. The summed E-state index contributed by atoms with van der Waals surface area (Å²) in [5.41, 5.74) is -0.230. The number of esters is 1. The second kappa shape index (κ2) is 18.0. The van der Waals surface area contributed by atoms with Crippen molar-refractivity contribution in [1.82, 2.24) is 5.32 Å². The summed E-state index contributed by atoms with van der Waals surface area (Å²) in [7, 11) is 0. The number of allylic oxidation sites excluding steroid dienone is 7. The van der Waals surface area contributed by atoms with Gasteiger partial charge in [-0.15, -0.1) is 0 Å². The molecule has 1 aliphatic heterocycles. The maximum absolute atomic E-state index is 11.6. The van der Waals surface area contributed by atoms with Crippen LogP contribution in [0.15, 0.2) is 58.8 Å². The number of rotatable bonds is 19. The second-order valence-electron chi connectivity index (χ2n) is 8.42. The Bertz CT molecular complexity index is 704. The van der Waals surface area contributed by atoms with Crippen LogP contribution in [-0.2, 0) is 14.3 Å². The molecule has 0 aliphatic carbocycles. The van der Waals surface area contributed by atoms with Crippen LogP contribution in [-0.4, -0.2) is 41.9 Å². The molecule has 33 heavy (non-hydrogen) atoms. The van der Waals surface area contributed by atoms with Crippen molar-refractivity contribution in [3.05, 3.63) is 48.6 Å². The fourth-order valence-electron chi connectivity index (χ4n) is 2.89. The highest BCUT2D eigenvalue weighted by Crippen LogP contribution is 2.32. The molecule has 0 aromatic rings. The number of amides is 1. The number of aliphatic hydroxyl groups is 1. The minimum atomic E-state index is -0.230. The van der Waals surface area contributed by atoms with Crippen LogP contribution in [0.1, 0.15) is 78.1 Å². The molecule has 2 N–H and O–H groups in total. The highest BCUT2D eigenvalue weighted by atomic mass is 16.5. The fraction of sp³-hybridized carbons (Fsp3) is 0.615. The summed E-state index contributed by atoms with van der Waals surface area (Å²) >= 11 is 0. The van der Waals surface area contributed by atoms with Gasteiger partial charge in [0.05, 0.1) is 13.2 Å². The highest BCUT2D eigenvalue weighted by Gasteiger charge is 2.32. The third-order valence-corrected chi connectivity index (χ3v) is 4.96. The lowest BCUT2D eigenvalue weighted by molar-refractivity contribution is -0.143. The summed E-state index contributed by atoms with van der Waals surface area (Å²) in [5.74, 6) is -0.154. The van der Waals surface area contributed by atoms with Crippen LogP contribution in [0.3, 0.4) is 0 Å². The first-order valence-electron chi connectivity index (χ1n) is 12.0. The van der Waals surface area contributed by atoms with Crippen molar-refractivity contribution < 1.29 is 19.4 Å². The van der Waals surface area contributed by atoms with E-state index in [4.69, 9.17) is 9.84 Å². The quantitative estimate of drug-likeness (QED) is 0.155. The van der Waals surface area contributed by atoms with E-state index in [1.54, 1.807) is 6.92 Å². The summed E-state index contributed by atoms with van der Waals surface area (Å²) in [6, 6.07) is -0.176. The summed E-state index contributed by atoms with van der Waals surface area (Å²) in [6.07, 6.45) is 24.5. The van der Waals surface area contributed by atoms with E-state index in [1.165, 1.54) is 0 Å². The zero-order valence-corrected chi connectivity index (χ0v) is 20.2. The second-order valence-corrected chi connectivity index (χ2v) is 8.42. The molecule has 7 nitrogen and oxygen atoms in total. The lowest BCUT2D eigenvalue weighted by Crippen LogP contribution is -2.34. The molecule has 1 atom stereocenters. The van der Waals surface area contributed by atoms with Gasteiger partial charge in [0.2, 0.25) is 5.91 Å². The molecular weight excluding hydrogens is 418 g/mol. The SMILES string of the molecule is C[C@H](CO)NC(=O)CCC/C=C\C/C=C\C/C=C\C/C=C\CCOC(=O)CCCC1(C)N=N1. The fourth-order valence-corrected chi connectivity index (χ4v) is 2.89. The molecule has 0 aromatic carbocycles. The van der Waals surface area contributed by atoms with Gasteiger partial charge in [0.15, 0.2) is 5.66 Å². The van der Waals surface area contributed by atoms with E-state index in [0.29, 0.717) is 19.4 Å². The zero-order chi connectivity index (χ0) is 24.2. The molecular formula is C26H41N3O4. The van der Waals surface area contributed by atoms with Gasteiger partial charge in [-0.1, -0.05) is 48.6 Å². The van der Waals surface area contributed by atoms with Crippen molar-refractivity contribution in [1.29, 1.82) is 0 Å². The number of hydrogen-bond acceptors (Lipinski definition) is 6. The van der Waals surface area contributed by atoms with E-state index in [9.17, 15) is 9.59 Å². The van der Waals surface area contributed by atoms with E-state index < -0.39 is 0 Å². The highest BCUT2D eigenvalue weighted by molar-refractivity contribution is 5.76. The Kier molecular flexibility index (Phi) is 15.5. The number of carbonyl (C=O) groups excluding carboxylic acids is 2. The predicted octanol–water partition coefficient (Wildman–Crippen LogP) is 5.33. The molecule has 0 fully saturated rings. The van der Waals surface area contributed by atoms with E-state index in [1.807, 2.05) is 13.0 Å². The van der Waals surface area contributed by atoms with Crippen molar-refractivity contribution in [3.63, 3.8) is 0 Å². The normalized spacial score (nSPS) is 15.7. The maximum Gasteiger partial charge on any atom is 0.305 e. The van der Waals surface area contributed by atoms with Crippen LogP contribution in [0.5, 0.6) is 0 Å². The Hall–Kier alpha value is -2.54. The number of nitrogens with one attached hydrogen (secondary N) is 1. The number of aliphatic hydroxyl groups excluding tert-OH is 1. The van der Waals surface area contributed by atoms with Crippen molar-refractivity contribution in [2.75, 3.05) is 13.2 Å². The van der Waals surface area contributed by atoms with Crippen LogP contribution in [0.25, 0.3) is 0 Å². The zero-order valence-electron chi connectivity index (χ0n) is 20.2. The van der Waals surface area contributed by atoms with Crippen molar-refractivity contribution in [2.24, 2.45) is 10.2 Å². The van der Waals surface area contributed by atoms with Crippen LogP contribution in [0.4, 0.5) is 0 Å². The number of nitrogens with zero attached hydrogens (tertiary/aromatic N) is 2. The third kappa shape index (κ3) is 17.7. The summed E-state index contributed by atoms with van der Waals surface area (Å²) in [4.78, 5) is 23.2. The van der Waals surface area contributed by atoms with Gasteiger partial charge in [-0.05, 0) is 65.2 Å². The Balaban J connectivity index is 1.89. The smallest absolute Gasteiger partial charge is 0.305 e. The van der Waals surface area contributed by atoms with Crippen molar-refractivity contribution >= 4 is 11.9 Å². The molecule has 1 aliphatic rings. The first-order valence-corrected chi connectivity index (χ1v) is 12.0. The van der Waals surface area contributed by atoms with E-state index in [2.05, 4.69) is 58.1 Å². The molecule has 0 aromatic heterocycles. The molecule has 0 saturated carbocycles. The number of unbranched alkanes of at least 4 members (excludes halogenated alkanes) is 1.